The van der Waals surface area contributed by atoms with E-state index in [4.69, 9.17) is 0 Å². The van der Waals surface area contributed by atoms with Crippen molar-refractivity contribution in [2.24, 2.45) is 11.3 Å². The van der Waals surface area contributed by atoms with Gasteiger partial charge in [-0.1, -0.05) is 42.5 Å². The van der Waals surface area contributed by atoms with Crippen LogP contribution < -0.4 is 5.32 Å². The van der Waals surface area contributed by atoms with Gasteiger partial charge in [-0.3, -0.25) is 4.90 Å². The number of hydrogen-bond donors (Lipinski definition) is 1. The van der Waals surface area contributed by atoms with E-state index in [0.717, 1.165) is 18.2 Å². The first-order valence-electron chi connectivity index (χ1n) is 10.4. The van der Waals surface area contributed by atoms with Crippen LogP contribution in [0.3, 0.4) is 0 Å². The average Bonchev–Trinajstić information content (AvgIpc) is 3.44. The molecule has 28 heavy (non-hydrogen) atoms. The fourth-order valence-corrected chi connectivity index (χ4v) is 5.08. The highest BCUT2D eigenvalue weighted by molar-refractivity contribution is 5.33. The lowest BCUT2D eigenvalue weighted by molar-refractivity contribution is 0.237. The summed E-state index contributed by atoms with van der Waals surface area (Å²) in [6.45, 7) is 5.80. The highest BCUT2D eigenvalue weighted by atomic mass is 15.3. The Morgan fingerprint density at radius 1 is 1.00 bits per heavy atom. The Balaban J connectivity index is 1.24. The lowest BCUT2D eigenvalue weighted by atomic mass is 9.76. The number of aryl methyl sites for hydroxylation is 1. The molecule has 2 saturated heterocycles. The van der Waals surface area contributed by atoms with E-state index >= 15 is 0 Å². The molecule has 2 aliphatic rings. The number of likely N-dealkylation sites (tertiary alicyclic amines) is 1. The van der Waals surface area contributed by atoms with Gasteiger partial charge in [0.1, 0.15) is 0 Å². The zero-order valence-electron chi connectivity index (χ0n) is 16.3. The van der Waals surface area contributed by atoms with Gasteiger partial charge in [-0.15, -0.1) is 0 Å². The standard InChI is InChI=1S/C24H28N4/c1-2-5-20(6-3-1)11-12-24-18-25-15-22(24)17-27(19-24)16-21-7-9-23(10-8-21)28-14-4-13-26-28/h1-10,13-14,22,25H,11-12,15-19H2. The quantitative estimate of drug-likeness (QED) is 0.719. The predicted molar refractivity (Wildman–Crippen MR) is 112 cm³/mol. The molecule has 0 spiro atoms. The number of rotatable bonds is 6. The molecule has 4 heteroatoms. The van der Waals surface area contributed by atoms with Gasteiger partial charge in [0.15, 0.2) is 0 Å². The third kappa shape index (κ3) is 3.50. The Labute approximate surface area is 167 Å². The van der Waals surface area contributed by atoms with Crippen LogP contribution in [-0.2, 0) is 13.0 Å². The monoisotopic (exact) mass is 372 g/mol. The van der Waals surface area contributed by atoms with Crippen molar-refractivity contribution in [3.8, 4) is 5.69 Å². The smallest absolute Gasteiger partial charge is 0.0645 e. The number of nitrogens with one attached hydrogen (secondary N) is 1. The zero-order valence-corrected chi connectivity index (χ0v) is 16.3. The van der Waals surface area contributed by atoms with Gasteiger partial charge in [-0.2, -0.15) is 5.10 Å². The second kappa shape index (κ2) is 7.53. The van der Waals surface area contributed by atoms with Gasteiger partial charge in [0, 0.05) is 44.0 Å². The van der Waals surface area contributed by atoms with Crippen molar-refractivity contribution in [3.63, 3.8) is 0 Å². The summed E-state index contributed by atoms with van der Waals surface area (Å²) in [5, 5.41) is 7.98. The van der Waals surface area contributed by atoms with Crippen molar-refractivity contribution in [3.05, 3.63) is 84.2 Å². The Morgan fingerprint density at radius 2 is 1.86 bits per heavy atom. The summed E-state index contributed by atoms with van der Waals surface area (Å²) < 4.78 is 1.91. The molecule has 3 heterocycles. The molecule has 1 N–H and O–H groups in total. The van der Waals surface area contributed by atoms with Gasteiger partial charge in [0.25, 0.3) is 0 Å². The number of nitrogens with zero attached hydrogens (tertiary/aromatic N) is 3. The van der Waals surface area contributed by atoms with E-state index < -0.39 is 0 Å². The molecule has 4 nitrogen and oxygen atoms in total. The summed E-state index contributed by atoms with van der Waals surface area (Å²) >= 11 is 0. The molecule has 0 amide bonds. The van der Waals surface area contributed by atoms with Crippen LogP contribution in [0.25, 0.3) is 5.69 Å². The predicted octanol–water partition coefficient (Wildman–Crippen LogP) is 3.53. The second-order valence-electron chi connectivity index (χ2n) is 8.46. The Hall–Kier alpha value is -2.43. The van der Waals surface area contributed by atoms with Crippen LogP contribution in [0.5, 0.6) is 0 Å². The normalized spacial score (nSPS) is 24.5. The van der Waals surface area contributed by atoms with E-state index in [-0.39, 0.29) is 0 Å². The summed E-state index contributed by atoms with van der Waals surface area (Å²) in [6.07, 6.45) is 6.27. The number of aromatic nitrogens is 2. The maximum Gasteiger partial charge on any atom is 0.0645 e. The Morgan fingerprint density at radius 3 is 2.64 bits per heavy atom. The van der Waals surface area contributed by atoms with E-state index in [1.165, 1.54) is 50.1 Å². The van der Waals surface area contributed by atoms with Crippen molar-refractivity contribution in [2.75, 3.05) is 26.2 Å². The van der Waals surface area contributed by atoms with Crippen molar-refractivity contribution in [1.29, 1.82) is 0 Å². The number of hydrogen-bond acceptors (Lipinski definition) is 3. The fraction of sp³-hybridized carbons (Fsp3) is 0.375. The first-order chi connectivity index (χ1) is 13.8. The minimum absolute atomic E-state index is 0.435. The van der Waals surface area contributed by atoms with Crippen molar-refractivity contribution >= 4 is 0 Å². The van der Waals surface area contributed by atoms with Gasteiger partial charge in [-0.05, 0) is 54.6 Å². The summed E-state index contributed by atoms with van der Waals surface area (Å²) in [4.78, 5) is 2.67. The summed E-state index contributed by atoms with van der Waals surface area (Å²) in [5.41, 5.74) is 4.41. The maximum absolute atomic E-state index is 4.31. The first-order valence-corrected chi connectivity index (χ1v) is 10.4. The largest absolute Gasteiger partial charge is 0.316 e. The van der Waals surface area contributed by atoms with Crippen LogP contribution in [0.2, 0.25) is 0 Å². The third-order valence-electron chi connectivity index (χ3n) is 6.62. The molecule has 2 atom stereocenters. The Kier molecular flexibility index (Phi) is 4.75. The van der Waals surface area contributed by atoms with Gasteiger partial charge in [0.2, 0.25) is 0 Å². The molecule has 2 aromatic carbocycles. The molecule has 2 fully saturated rings. The molecule has 0 bridgehead atoms. The van der Waals surface area contributed by atoms with Crippen LogP contribution in [0.15, 0.2) is 73.1 Å². The SMILES string of the molecule is c1ccc(CCC23CNCC2CN(Cc2ccc(-n4cccn4)cc2)C3)cc1. The highest BCUT2D eigenvalue weighted by Crippen LogP contribution is 2.43. The minimum atomic E-state index is 0.435. The molecule has 0 aliphatic carbocycles. The molecule has 5 rings (SSSR count). The van der Waals surface area contributed by atoms with Crippen molar-refractivity contribution in [1.82, 2.24) is 20.0 Å². The lowest BCUT2D eigenvalue weighted by Crippen LogP contribution is -2.33. The molecule has 144 valence electrons. The molecule has 0 saturated carbocycles. The summed E-state index contributed by atoms with van der Waals surface area (Å²) in [5.74, 6) is 0.777. The first kappa shape index (κ1) is 17.7. The van der Waals surface area contributed by atoms with Crippen LogP contribution in [-0.4, -0.2) is 40.9 Å². The molecule has 2 aliphatic heterocycles. The third-order valence-corrected chi connectivity index (χ3v) is 6.62. The van der Waals surface area contributed by atoms with E-state index in [9.17, 15) is 0 Å². The fourth-order valence-electron chi connectivity index (χ4n) is 5.08. The Bertz CT molecular complexity index is 888. The molecule has 1 aromatic heterocycles. The topological polar surface area (TPSA) is 33.1 Å². The average molecular weight is 373 g/mol. The van der Waals surface area contributed by atoms with Crippen LogP contribution >= 0.6 is 0 Å². The van der Waals surface area contributed by atoms with Crippen LogP contribution in [0.4, 0.5) is 0 Å². The van der Waals surface area contributed by atoms with Crippen molar-refractivity contribution < 1.29 is 0 Å². The maximum atomic E-state index is 4.31. The van der Waals surface area contributed by atoms with E-state index in [0.29, 0.717) is 5.41 Å². The second-order valence-corrected chi connectivity index (χ2v) is 8.46. The van der Waals surface area contributed by atoms with Crippen molar-refractivity contribution in [2.45, 2.75) is 19.4 Å². The molecular weight excluding hydrogens is 344 g/mol. The van der Waals surface area contributed by atoms with E-state index in [1.807, 2.05) is 23.1 Å². The summed E-state index contributed by atoms with van der Waals surface area (Å²) in [6, 6.07) is 21.8. The highest BCUT2D eigenvalue weighted by Gasteiger charge is 2.48. The van der Waals surface area contributed by atoms with E-state index in [2.05, 4.69) is 69.9 Å². The molecule has 0 radical (unpaired) electrons. The molecular formula is C24H28N4. The lowest BCUT2D eigenvalue weighted by Gasteiger charge is -2.28. The minimum Gasteiger partial charge on any atom is -0.316 e. The van der Waals surface area contributed by atoms with Gasteiger partial charge in [0.05, 0.1) is 5.69 Å². The van der Waals surface area contributed by atoms with Gasteiger partial charge in [-0.25, -0.2) is 4.68 Å². The van der Waals surface area contributed by atoms with Crippen LogP contribution in [0, 0.1) is 11.3 Å². The van der Waals surface area contributed by atoms with Gasteiger partial charge >= 0.3 is 0 Å². The molecule has 2 unspecified atom stereocenters. The number of fused-ring (bicyclic) bond motifs is 1. The number of benzene rings is 2. The van der Waals surface area contributed by atoms with Crippen LogP contribution in [0.1, 0.15) is 17.5 Å². The molecule has 3 aromatic rings. The van der Waals surface area contributed by atoms with E-state index in [1.54, 1.807) is 0 Å². The zero-order chi connectivity index (χ0) is 18.8. The van der Waals surface area contributed by atoms with Gasteiger partial charge < -0.3 is 5.32 Å². The summed E-state index contributed by atoms with van der Waals surface area (Å²) in [7, 11) is 0.